The molecule has 0 bridgehead atoms. The van der Waals surface area contributed by atoms with E-state index in [-0.39, 0.29) is 0 Å². The maximum atomic E-state index is 12.0. The molecular formula is C20H30N2O4. The van der Waals surface area contributed by atoms with E-state index in [4.69, 9.17) is 9.47 Å². The summed E-state index contributed by atoms with van der Waals surface area (Å²) in [6.07, 6.45) is 6.59. The monoisotopic (exact) mass is 362 g/mol. The van der Waals surface area contributed by atoms with Crippen molar-refractivity contribution >= 4 is 5.97 Å². The van der Waals surface area contributed by atoms with Gasteiger partial charge < -0.3 is 14.6 Å². The Morgan fingerprint density at radius 3 is 2.27 bits per heavy atom. The van der Waals surface area contributed by atoms with Crippen LogP contribution in [0.4, 0.5) is 0 Å². The number of methoxy groups -OCH3 is 2. The molecule has 1 atom stereocenters. The van der Waals surface area contributed by atoms with Crippen LogP contribution in [0.15, 0.2) is 18.2 Å². The second kappa shape index (κ2) is 8.73. The molecular weight excluding hydrogens is 332 g/mol. The van der Waals surface area contributed by atoms with Crippen molar-refractivity contribution in [1.82, 2.24) is 9.80 Å². The van der Waals surface area contributed by atoms with Gasteiger partial charge in [0, 0.05) is 32.2 Å². The number of benzene rings is 1. The fourth-order valence-electron chi connectivity index (χ4n) is 4.34. The zero-order chi connectivity index (χ0) is 18.5. The summed E-state index contributed by atoms with van der Waals surface area (Å²) in [5.74, 6) is 0.364. The summed E-state index contributed by atoms with van der Waals surface area (Å²) in [6, 6.07) is 5.43. The van der Waals surface area contributed by atoms with Crippen LogP contribution in [-0.2, 0) is 4.79 Å². The lowest BCUT2D eigenvalue weighted by molar-refractivity contribution is -0.144. The number of ether oxygens (including phenoxy) is 2. The number of aliphatic carboxylic acids is 1. The van der Waals surface area contributed by atoms with Crippen LogP contribution < -0.4 is 9.47 Å². The minimum Gasteiger partial charge on any atom is -0.493 e. The van der Waals surface area contributed by atoms with Gasteiger partial charge in [0.05, 0.1) is 14.2 Å². The fourth-order valence-corrected chi connectivity index (χ4v) is 4.34. The van der Waals surface area contributed by atoms with Gasteiger partial charge in [0.1, 0.15) is 6.04 Å². The Balaban J connectivity index is 1.70. The van der Waals surface area contributed by atoms with E-state index in [0.29, 0.717) is 17.5 Å². The first kappa shape index (κ1) is 19.0. The molecule has 1 saturated carbocycles. The van der Waals surface area contributed by atoms with E-state index >= 15 is 0 Å². The molecule has 1 aromatic rings. The van der Waals surface area contributed by atoms with Crippen LogP contribution >= 0.6 is 0 Å². The van der Waals surface area contributed by atoms with Gasteiger partial charge in [-0.25, -0.2) is 0 Å². The lowest BCUT2D eigenvalue weighted by Crippen LogP contribution is -2.52. The number of hydrogen-bond donors (Lipinski definition) is 1. The highest BCUT2D eigenvalue weighted by Crippen LogP contribution is 2.33. The van der Waals surface area contributed by atoms with Crippen LogP contribution in [0.1, 0.15) is 43.7 Å². The molecule has 0 amide bonds. The van der Waals surface area contributed by atoms with Gasteiger partial charge in [-0.2, -0.15) is 0 Å². The quantitative estimate of drug-likeness (QED) is 0.840. The molecule has 1 aliphatic heterocycles. The maximum absolute atomic E-state index is 12.0. The van der Waals surface area contributed by atoms with Crippen LogP contribution in [0.3, 0.4) is 0 Å². The first-order valence-corrected chi connectivity index (χ1v) is 9.57. The average molecular weight is 362 g/mol. The minimum atomic E-state index is -0.816. The third-order valence-corrected chi connectivity index (χ3v) is 5.76. The van der Waals surface area contributed by atoms with Crippen molar-refractivity contribution in [2.45, 2.75) is 44.2 Å². The van der Waals surface area contributed by atoms with Crippen molar-refractivity contribution < 1.29 is 19.4 Å². The summed E-state index contributed by atoms with van der Waals surface area (Å²) >= 11 is 0. The molecule has 0 spiro atoms. The Morgan fingerprint density at radius 2 is 1.69 bits per heavy atom. The molecule has 6 nitrogen and oxygen atoms in total. The zero-order valence-electron chi connectivity index (χ0n) is 15.8. The van der Waals surface area contributed by atoms with Gasteiger partial charge >= 0.3 is 5.97 Å². The second-order valence-corrected chi connectivity index (χ2v) is 7.22. The molecule has 1 saturated heterocycles. The van der Waals surface area contributed by atoms with Crippen molar-refractivity contribution in [3.63, 3.8) is 0 Å². The van der Waals surface area contributed by atoms with E-state index in [0.717, 1.165) is 31.7 Å². The molecule has 2 fully saturated rings. The predicted molar refractivity (Wildman–Crippen MR) is 99.9 cm³/mol. The molecule has 0 unspecified atom stereocenters. The van der Waals surface area contributed by atoms with Gasteiger partial charge in [0.25, 0.3) is 0 Å². The topological polar surface area (TPSA) is 62.2 Å². The van der Waals surface area contributed by atoms with Crippen molar-refractivity contribution in [3.8, 4) is 11.5 Å². The smallest absolute Gasteiger partial charge is 0.325 e. The van der Waals surface area contributed by atoms with Crippen molar-refractivity contribution in [2.24, 2.45) is 0 Å². The Bertz CT molecular complexity index is 608. The summed E-state index contributed by atoms with van der Waals surface area (Å²) in [7, 11) is 3.15. The molecule has 0 radical (unpaired) electrons. The highest BCUT2D eigenvalue weighted by molar-refractivity contribution is 5.76. The number of hydrogen-bond acceptors (Lipinski definition) is 5. The number of carboxylic acid groups (broad SMARTS) is 1. The first-order valence-electron chi connectivity index (χ1n) is 9.57. The van der Waals surface area contributed by atoms with Gasteiger partial charge in [-0.05, 0) is 30.5 Å². The van der Waals surface area contributed by atoms with Gasteiger partial charge in [-0.15, -0.1) is 0 Å². The van der Waals surface area contributed by atoms with Gasteiger partial charge in [-0.1, -0.05) is 25.3 Å². The first-order chi connectivity index (χ1) is 12.6. The third kappa shape index (κ3) is 4.13. The number of rotatable bonds is 6. The van der Waals surface area contributed by atoms with E-state index in [1.54, 1.807) is 26.4 Å². The largest absolute Gasteiger partial charge is 0.493 e. The summed E-state index contributed by atoms with van der Waals surface area (Å²) in [5.41, 5.74) is 0.737. The molecule has 1 aromatic carbocycles. The number of nitrogens with zero attached hydrogens (tertiary/aromatic N) is 2. The molecule has 1 heterocycles. The average Bonchev–Trinajstić information content (AvgIpc) is 2.69. The summed E-state index contributed by atoms with van der Waals surface area (Å²) in [5, 5.41) is 9.86. The molecule has 1 N–H and O–H groups in total. The number of carboxylic acids is 1. The van der Waals surface area contributed by atoms with Gasteiger partial charge in [-0.3, -0.25) is 14.6 Å². The standard InChI is InChI=1S/C20H30N2O4/c1-25-17-9-8-15(14-18(17)26-2)19(20(23)24)22-12-10-21(11-13-22)16-6-4-3-5-7-16/h8-9,14,16,19H,3-7,10-13H2,1-2H3,(H,23,24)/t19-/m0/s1. The molecule has 3 rings (SSSR count). The van der Waals surface area contributed by atoms with Crippen molar-refractivity contribution in [1.29, 1.82) is 0 Å². The maximum Gasteiger partial charge on any atom is 0.325 e. The summed E-state index contributed by atoms with van der Waals surface area (Å²) in [6.45, 7) is 3.45. The lowest BCUT2D eigenvalue weighted by Gasteiger charge is -2.42. The van der Waals surface area contributed by atoms with E-state index in [9.17, 15) is 9.90 Å². The third-order valence-electron chi connectivity index (χ3n) is 5.76. The molecule has 26 heavy (non-hydrogen) atoms. The van der Waals surface area contributed by atoms with Crippen LogP contribution in [0, 0.1) is 0 Å². The van der Waals surface area contributed by atoms with E-state index in [2.05, 4.69) is 9.80 Å². The predicted octanol–water partition coefficient (Wildman–Crippen LogP) is 2.78. The van der Waals surface area contributed by atoms with Crippen LogP contribution in [-0.4, -0.2) is 67.3 Å². The van der Waals surface area contributed by atoms with E-state index < -0.39 is 12.0 Å². The lowest BCUT2D eigenvalue weighted by atomic mass is 9.93. The number of piperazine rings is 1. The normalized spacial score (nSPS) is 21.3. The SMILES string of the molecule is COc1ccc([C@@H](C(=O)O)N2CCN(C3CCCCC3)CC2)cc1OC. The second-order valence-electron chi connectivity index (χ2n) is 7.22. The highest BCUT2D eigenvalue weighted by Gasteiger charge is 2.33. The summed E-state index contributed by atoms with van der Waals surface area (Å²) < 4.78 is 10.6. The zero-order valence-corrected chi connectivity index (χ0v) is 15.8. The van der Waals surface area contributed by atoms with Gasteiger partial charge in [0.15, 0.2) is 11.5 Å². The fraction of sp³-hybridized carbons (Fsp3) is 0.650. The molecule has 2 aliphatic rings. The highest BCUT2D eigenvalue weighted by atomic mass is 16.5. The molecule has 144 valence electrons. The molecule has 6 heteroatoms. The van der Waals surface area contributed by atoms with Crippen molar-refractivity contribution in [2.75, 3.05) is 40.4 Å². The van der Waals surface area contributed by atoms with E-state index in [1.165, 1.54) is 32.1 Å². The molecule has 0 aromatic heterocycles. The van der Waals surface area contributed by atoms with Crippen LogP contribution in [0.2, 0.25) is 0 Å². The Labute approximate surface area is 155 Å². The number of carbonyl (C=O) groups is 1. The molecule has 1 aliphatic carbocycles. The Morgan fingerprint density at radius 1 is 1.04 bits per heavy atom. The Hall–Kier alpha value is -1.79. The van der Waals surface area contributed by atoms with Crippen LogP contribution in [0.5, 0.6) is 11.5 Å². The van der Waals surface area contributed by atoms with Gasteiger partial charge in [0.2, 0.25) is 0 Å². The van der Waals surface area contributed by atoms with E-state index in [1.807, 2.05) is 6.07 Å². The van der Waals surface area contributed by atoms with Crippen molar-refractivity contribution in [3.05, 3.63) is 23.8 Å². The van der Waals surface area contributed by atoms with Crippen LogP contribution in [0.25, 0.3) is 0 Å². The summed E-state index contributed by atoms with van der Waals surface area (Å²) in [4.78, 5) is 16.6. The minimum absolute atomic E-state index is 0.567. The Kier molecular flexibility index (Phi) is 6.38.